The average Bonchev–Trinajstić information content (AvgIpc) is 3.10. The quantitative estimate of drug-likeness (QED) is 0.843. The summed E-state index contributed by atoms with van der Waals surface area (Å²) in [6.07, 6.45) is 0.894. The van der Waals surface area contributed by atoms with Crippen LogP contribution < -0.4 is 15.4 Å². The van der Waals surface area contributed by atoms with Crippen LogP contribution in [0.5, 0.6) is 5.75 Å². The molecule has 1 fully saturated rings. The van der Waals surface area contributed by atoms with Gasteiger partial charge < -0.3 is 15.4 Å². The van der Waals surface area contributed by atoms with Crippen molar-refractivity contribution in [3.63, 3.8) is 0 Å². The normalized spacial score (nSPS) is 16.3. The van der Waals surface area contributed by atoms with Gasteiger partial charge in [-0.1, -0.05) is 29.8 Å². The molecular formula is C18H20Cl2N2O2. The summed E-state index contributed by atoms with van der Waals surface area (Å²) in [4.78, 5) is 12.1. The van der Waals surface area contributed by atoms with Crippen LogP contribution >= 0.6 is 24.0 Å². The van der Waals surface area contributed by atoms with E-state index >= 15 is 0 Å². The molecule has 0 radical (unpaired) electrons. The summed E-state index contributed by atoms with van der Waals surface area (Å²) in [5, 5.41) is 6.83. The Hall–Kier alpha value is -1.75. The largest absolute Gasteiger partial charge is 0.489 e. The van der Waals surface area contributed by atoms with E-state index in [1.54, 1.807) is 0 Å². The molecule has 2 N–H and O–H groups in total. The second-order valence-corrected chi connectivity index (χ2v) is 5.99. The second-order valence-electron chi connectivity index (χ2n) is 5.58. The van der Waals surface area contributed by atoms with Crippen LogP contribution in [0.1, 0.15) is 12.0 Å². The van der Waals surface area contributed by atoms with Gasteiger partial charge in [0.15, 0.2) is 0 Å². The van der Waals surface area contributed by atoms with Crippen LogP contribution in [0.15, 0.2) is 48.5 Å². The molecule has 0 spiro atoms. The average molecular weight is 367 g/mol. The molecule has 0 aliphatic carbocycles. The fourth-order valence-electron chi connectivity index (χ4n) is 2.53. The topological polar surface area (TPSA) is 50.4 Å². The van der Waals surface area contributed by atoms with Crippen LogP contribution in [0.4, 0.5) is 5.69 Å². The minimum absolute atomic E-state index is 0. The molecule has 1 aliphatic rings. The number of nitrogens with one attached hydrogen (secondary N) is 2. The van der Waals surface area contributed by atoms with E-state index in [0.717, 1.165) is 36.5 Å². The van der Waals surface area contributed by atoms with Gasteiger partial charge in [-0.3, -0.25) is 4.79 Å². The number of carbonyl (C=O) groups excluding carboxylic acids is 1. The number of amides is 1. The fraction of sp³-hybridized carbons (Fsp3) is 0.278. The third-order valence-corrected chi connectivity index (χ3v) is 4.27. The number of hydrogen-bond acceptors (Lipinski definition) is 3. The molecule has 1 saturated heterocycles. The molecule has 6 heteroatoms. The molecular weight excluding hydrogens is 347 g/mol. The van der Waals surface area contributed by atoms with Crippen molar-refractivity contribution in [1.29, 1.82) is 0 Å². The molecule has 3 rings (SSSR count). The Balaban J connectivity index is 0.00000208. The molecule has 4 nitrogen and oxygen atoms in total. The summed E-state index contributed by atoms with van der Waals surface area (Å²) >= 11 is 6.10. The van der Waals surface area contributed by atoms with Crippen LogP contribution in [0.2, 0.25) is 5.02 Å². The van der Waals surface area contributed by atoms with Gasteiger partial charge in [0.1, 0.15) is 12.4 Å². The lowest BCUT2D eigenvalue weighted by molar-refractivity contribution is -0.119. The van der Waals surface area contributed by atoms with E-state index in [0.29, 0.717) is 11.6 Å². The highest BCUT2D eigenvalue weighted by Crippen LogP contribution is 2.21. The van der Waals surface area contributed by atoms with E-state index in [4.69, 9.17) is 16.3 Å². The van der Waals surface area contributed by atoms with Crippen molar-refractivity contribution >= 4 is 35.6 Å². The Morgan fingerprint density at radius 3 is 2.62 bits per heavy atom. The molecule has 1 unspecified atom stereocenters. The summed E-state index contributed by atoms with van der Waals surface area (Å²) in [5.74, 6) is 0.872. The Kier molecular flexibility index (Phi) is 6.91. The Bertz CT molecular complexity index is 671. The van der Waals surface area contributed by atoms with E-state index < -0.39 is 0 Å². The summed E-state index contributed by atoms with van der Waals surface area (Å²) in [5.41, 5.74) is 1.73. The van der Waals surface area contributed by atoms with Crippen LogP contribution in [0.25, 0.3) is 0 Å². The molecule has 2 aromatic rings. The van der Waals surface area contributed by atoms with Crippen molar-refractivity contribution in [3.8, 4) is 5.75 Å². The van der Waals surface area contributed by atoms with Gasteiger partial charge in [-0.05, 0) is 43.3 Å². The molecule has 1 amide bonds. The zero-order valence-electron chi connectivity index (χ0n) is 13.1. The van der Waals surface area contributed by atoms with Crippen molar-refractivity contribution in [1.82, 2.24) is 5.32 Å². The number of anilines is 1. The van der Waals surface area contributed by atoms with Crippen molar-refractivity contribution in [3.05, 3.63) is 59.1 Å². The first-order valence-electron chi connectivity index (χ1n) is 7.70. The van der Waals surface area contributed by atoms with Gasteiger partial charge in [0, 0.05) is 22.8 Å². The number of ether oxygens (including phenoxy) is 1. The number of carbonyl (C=O) groups is 1. The number of rotatable bonds is 5. The highest BCUT2D eigenvalue weighted by molar-refractivity contribution is 6.31. The first-order chi connectivity index (χ1) is 11.2. The second kappa shape index (κ2) is 8.92. The predicted octanol–water partition coefficient (Wildman–Crippen LogP) is 3.89. The third-order valence-electron chi connectivity index (χ3n) is 3.91. The lowest BCUT2D eigenvalue weighted by Gasteiger charge is -2.11. The molecule has 1 aliphatic heterocycles. The van der Waals surface area contributed by atoms with E-state index in [2.05, 4.69) is 10.6 Å². The number of benzene rings is 2. The molecule has 0 saturated carbocycles. The Labute approximate surface area is 153 Å². The van der Waals surface area contributed by atoms with Gasteiger partial charge in [0.05, 0.1) is 5.92 Å². The maximum absolute atomic E-state index is 12.1. The fourth-order valence-corrected chi connectivity index (χ4v) is 2.72. The maximum Gasteiger partial charge on any atom is 0.228 e. The van der Waals surface area contributed by atoms with E-state index in [1.165, 1.54) is 0 Å². The summed E-state index contributed by atoms with van der Waals surface area (Å²) in [6, 6.07) is 15.0. The highest BCUT2D eigenvalue weighted by atomic mass is 35.5. The summed E-state index contributed by atoms with van der Waals surface area (Å²) in [7, 11) is 0. The van der Waals surface area contributed by atoms with Gasteiger partial charge in [-0.25, -0.2) is 0 Å². The van der Waals surface area contributed by atoms with E-state index in [9.17, 15) is 4.79 Å². The van der Waals surface area contributed by atoms with Crippen molar-refractivity contribution in [2.75, 3.05) is 18.4 Å². The van der Waals surface area contributed by atoms with Crippen molar-refractivity contribution in [2.24, 2.45) is 5.92 Å². The van der Waals surface area contributed by atoms with Gasteiger partial charge in [0.2, 0.25) is 5.91 Å². The van der Waals surface area contributed by atoms with Gasteiger partial charge >= 0.3 is 0 Å². The van der Waals surface area contributed by atoms with E-state index in [1.807, 2.05) is 48.5 Å². The minimum Gasteiger partial charge on any atom is -0.489 e. The van der Waals surface area contributed by atoms with Crippen molar-refractivity contribution in [2.45, 2.75) is 13.0 Å². The highest BCUT2D eigenvalue weighted by Gasteiger charge is 2.22. The first kappa shape index (κ1) is 18.6. The number of halogens is 2. The smallest absolute Gasteiger partial charge is 0.228 e. The molecule has 1 atom stereocenters. The zero-order chi connectivity index (χ0) is 16.1. The molecule has 128 valence electrons. The molecule has 2 aromatic carbocycles. The van der Waals surface area contributed by atoms with Gasteiger partial charge in [-0.15, -0.1) is 12.4 Å². The third kappa shape index (κ3) is 4.87. The van der Waals surface area contributed by atoms with Crippen LogP contribution in [-0.2, 0) is 11.4 Å². The predicted molar refractivity (Wildman–Crippen MR) is 99.1 cm³/mol. The summed E-state index contributed by atoms with van der Waals surface area (Å²) in [6.45, 7) is 2.08. The molecule has 1 heterocycles. The standard InChI is InChI=1S/C18H19ClN2O2.ClH/c19-17-4-2-1-3-14(17)12-23-16-7-5-15(6-8-16)21-18(22)13-9-10-20-11-13;/h1-8,13,20H,9-12H2,(H,21,22);1H. The lowest BCUT2D eigenvalue weighted by atomic mass is 10.1. The van der Waals surface area contributed by atoms with Crippen LogP contribution in [0.3, 0.4) is 0 Å². The summed E-state index contributed by atoms with van der Waals surface area (Å²) < 4.78 is 5.73. The lowest BCUT2D eigenvalue weighted by Crippen LogP contribution is -2.24. The Morgan fingerprint density at radius 1 is 1.21 bits per heavy atom. The molecule has 0 bridgehead atoms. The van der Waals surface area contributed by atoms with Crippen molar-refractivity contribution < 1.29 is 9.53 Å². The van der Waals surface area contributed by atoms with Gasteiger partial charge in [0.25, 0.3) is 0 Å². The zero-order valence-corrected chi connectivity index (χ0v) is 14.7. The van der Waals surface area contributed by atoms with E-state index in [-0.39, 0.29) is 24.2 Å². The maximum atomic E-state index is 12.1. The van der Waals surface area contributed by atoms with Crippen LogP contribution in [0, 0.1) is 5.92 Å². The van der Waals surface area contributed by atoms with Gasteiger partial charge in [-0.2, -0.15) is 0 Å². The van der Waals surface area contributed by atoms with Crippen LogP contribution in [-0.4, -0.2) is 19.0 Å². The molecule has 0 aromatic heterocycles. The SMILES string of the molecule is Cl.O=C(Nc1ccc(OCc2ccccc2Cl)cc1)C1CCNC1. The Morgan fingerprint density at radius 2 is 1.96 bits per heavy atom. The minimum atomic E-state index is 0. The number of hydrogen-bond donors (Lipinski definition) is 2. The molecule has 24 heavy (non-hydrogen) atoms. The first-order valence-corrected chi connectivity index (χ1v) is 8.08. The monoisotopic (exact) mass is 366 g/mol.